The van der Waals surface area contributed by atoms with Crippen molar-refractivity contribution in [3.05, 3.63) is 51.3 Å². The van der Waals surface area contributed by atoms with Gasteiger partial charge in [-0.3, -0.25) is 4.98 Å². The van der Waals surface area contributed by atoms with E-state index in [0.717, 1.165) is 0 Å². The van der Waals surface area contributed by atoms with Crippen molar-refractivity contribution in [2.45, 2.75) is 40.7 Å². The van der Waals surface area contributed by atoms with E-state index in [4.69, 9.17) is 39.1 Å². The highest BCUT2D eigenvalue weighted by molar-refractivity contribution is 6.36. The molecule has 1 aromatic carbocycles. The topological polar surface area (TPSA) is 72.0 Å². The number of anilines is 1. The molecule has 0 unspecified atom stereocenters. The van der Waals surface area contributed by atoms with Gasteiger partial charge in [-0.1, -0.05) is 37.0 Å². The Kier molecular flexibility index (Phi) is 7.52. The normalized spacial score (nSPS) is 11.3. The van der Waals surface area contributed by atoms with Gasteiger partial charge in [0.25, 0.3) is 0 Å². The van der Waals surface area contributed by atoms with Crippen LogP contribution in [0.5, 0.6) is 5.75 Å². The molecular weight excluding hydrogens is 345 g/mol. The predicted octanol–water partition coefficient (Wildman–Crippen LogP) is 5.83. The van der Waals surface area contributed by atoms with E-state index in [1.165, 1.54) is 0 Å². The highest BCUT2D eigenvalue weighted by Crippen LogP contribution is 2.34. The number of rotatable bonds is 4. The highest BCUT2D eigenvalue weighted by Gasteiger charge is 2.18. The summed E-state index contributed by atoms with van der Waals surface area (Å²) < 4.78 is 5.91. The molecule has 1 atom stereocenters. The van der Waals surface area contributed by atoms with Crippen LogP contribution in [0.4, 0.5) is 5.69 Å². The van der Waals surface area contributed by atoms with Gasteiger partial charge in [-0.05, 0) is 39.0 Å². The molecule has 0 aliphatic heterocycles. The number of aromatic nitrogens is 1. The third-order valence-corrected chi connectivity index (χ3v) is 4.11. The van der Waals surface area contributed by atoms with Crippen molar-refractivity contribution < 1.29 is 4.74 Å². The van der Waals surface area contributed by atoms with E-state index in [2.05, 4.69) is 4.98 Å². The third-order valence-electron chi connectivity index (χ3n) is 3.33. The standard InChI is InChI=1S/C16H17Cl2N3O.C2H6/c1-8(19)12-6-11(4-5-14(12)20)22-10(3)15-13(17)7-21-9(2)16(15)18;1-2/h4-7,10,19H,20H2,1-3H3;1-2H3/t10-;/m1./s1. The Hall–Kier alpha value is -1.78. The molecular formula is C18H23Cl2N3O. The second-order valence-corrected chi connectivity index (χ2v) is 5.84. The summed E-state index contributed by atoms with van der Waals surface area (Å²) in [6.45, 7) is 9.35. The Morgan fingerprint density at radius 1 is 1.29 bits per heavy atom. The highest BCUT2D eigenvalue weighted by atomic mass is 35.5. The van der Waals surface area contributed by atoms with Gasteiger partial charge in [0.1, 0.15) is 11.9 Å². The number of benzene rings is 1. The molecule has 1 heterocycles. The first-order valence-electron chi connectivity index (χ1n) is 7.73. The molecule has 0 amide bonds. The summed E-state index contributed by atoms with van der Waals surface area (Å²) >= 11 is 12.5. The Balaban J connectivity index is 0.00000139. The van der Waals surface area contributed by atoms with E-state index in [1.54, 1.807) is 31.3 Å². The molecule has 0 spiro atoms. The van der Waals surface area contributed by atoms with Gasteiger partial charge in [-0.25, -0.2) is 0 Å². The SMILES string of the molecule is CC.CC(=N)c1cc(O[C@H](C)c2c(Cl)cnc(C)c2Cl)ccc1N. The summed E-state index contributed by atoms with van der Waals surface area (Å²) in [6.07, 6.45) is 1.21. The fourth-order valence-corrected chi connectivity index (χ4v) is 2.80. The van der Waals surface area contributed by atoms with E-state index < -0.39 is 0 Å². The molecule has 24 heavy (non-hydrogen) atoms. The Morgan fingerprint density at radius 3 is 2.50 bits per heavy atom. The number of hydrogen-bond acceptors (Lipinski definition) is 4. The third kappa shape index (κ3) is 4.62. The van der Waals surface area contributed by atoms with Crippen LogP contribution in [0.1, 0.15) is 50.6 Å². The maximum absolute atomic E-state index is 7.73. The van der Waals surface area contributed by atoms with Crippen molar-refractivity contribution in [1.29, 1.82) is 5.41 Å². The number of nitrogens with zero attached hydrogens (tertiary/aromatic N) is 1. The van der Waals surface area contributed by atoms with E-state index in [0.29, 0.717) is 44.0 Å². The lowest BCUT2D eigenvalue weighted by atomic mass is 10.1. The van der Waals surface area contributed by atoms with Gasteiger partial charge in [0.05, 0.1) is 15.7 Å². The zero-order valence-electron chi connectivity index (χ0n) is 14.6. The Labute approximate surface area is 153 Å². The Bertz CT molecular complexity index is 732. The van der Waals surface area contributed by atoms with Crippen LogP contribution in [0.25, 0.3) is 0 Å². The van der Waals surface area contributed by atoms with Gasteiger partial charge in [-0.2, -0.15) is 0 Å². The summed E-state index contributed by atoms with van der Waals surface area (Å²) in [4.78, 5) is 4.11. The van der Waals surface area contributed by atoms with E-state index in [-0.39, 0.29) is 6.10 Å². The summed E-state index contributed by atoms with van der Waals surface area (Å²) in [7, 11) is 0. The van der Waals surface area contributed by atoms with Gasteiger partial charge in [-0.15, -0.1) is 0 Å². The number of nitrogen functional groups attached to an aromatic ring is 1. The zero-order chi connectivity index (χ0) is 18.4. The minimum Gasteiger partial charge on any atom is -0.486 e. The molecule has 2 aromatic rings. The number of ether oxygens (including phenoxy) is 1. The van der Waals surface area contributed by atoms with Crippen LogP contribution in [-0.2, 0) is 0 Å². The number of hydrogen-bond donors (Lipinski definition) is 2. The minimum atomic E-state index is -0.357. The van der Waals surface area contributed by atoms with Crippen molar-refractivity contribution >= 4 is 34.6 Å². The number of nitrogens with one attached hydrogen (secondary N) is 1. The number of pyridine rings is 1. The first-order chi connectivity index (χ1) is 11.3. The summed E-state index contributed by atoms with van der Waals surface area (Å²) in [6, 6.07) is 5.22. The van der Waals surface area contributed by atoms with Crippen molar-refractivity contribution in [3.8, 4) is 5.75 Å². The van der Waals surface area contributed by atoms with Gasteiger partial charge in [0.2, 0.25) is 0 Å². The molecule has 130 valence electrons. The van der Waals surface area contributed by atoms with Crippen molar-refractivity contribution in [2.24, 2.45) is 0 Å². The van der Waals surface area contributed by atoms with Gasteiger partial charge < -0.3 is 15.9 Å². The van der Waals surface area contributed by atoms with Crippen LogP contribution in [-0.4, -0.2) is 10.7 Å². The smallest absolute Gasteiger partial charge is 0.124 e. The maximum Gasteiger partial charge on any atom is 0.124 e. The quantitative estimate of drug-likeness (QED) is 0.527. The van der Waals surface area contributed by atoms with Crippen molar-refractivity contribution in [1.82, 2.24) is 4.98 Å². The molecule has 0 aliphatic rings. The molecule has 0 saturated carbocycles. The van der Waals surface area contributed by atoms with Gasteiger partial charge in [0.15, 0.2) is 0 Å². The number of nitrogens with two attached hydrogens (primary N) is 1. The van der Waals surface area contributed by atoms with Gasteiger partial charge >= 0.3 is 0 Å². The lowest BCUT2D eigenvalue weighted by Crippen LogP contribution is -2.07. The second-order valence-electron chi connectivity index (χ2n) is 5.05. The van der Waals surface area contributed by atoms with Crippen LogP contribution in [0.2, 0.25) is 10.0 Å². The largest absolute Gasteiger partial charge is 0.486 e. The molecule has 6 heteroatoms. The molecule has 0 saturated heterocycles. The van der Waals surface area contributed by atoms with E-state index in [9.17, 15) is 0 Å². The van der Waals surface area contributed by atoms with Crippen molar-refractivity contribution in [3.63, 3.8) is 0 Å². The fourth-order valence-electron chi connectivity index (χ4n) is 2.15. The van der Waals surface area contributed by atoms with Crippen LogP contribution in [0.3, 0.4) is 0 Å². The summed E-state index contributed by atoms with van der Waals surface area (Å²) in [5, 5.41) is 8.69. The molecule has 0 aliphatic carbocycles. The molecule has 0 radical (unpaired) electrons. The molecule has 2 rings (SSSR count). The van der Waals surface area contributed by atoms with E-state index in [1.807, 2.05) is 27.7 Å². The van der Waals surface area contributed by atoms with Gasteiger partial charge in [0, 0.05) is 28.7 Å². The number of halogens is 2. The van der Waals surface area contributed by atoms with E-state index >= 15 is 0 Å². The zero-order valence-corrected chi connectivity index (χ0v) is 16.1. The first kappa shape index (κ1) is 20.3. The average molecular weight is 368 g/mol. The lowest BCUT2D eigenvalue weighted by Gasteiger charge is -2.19. The molecule has 3 N–H and O–H groups in total. The van der Waals surface area contributed by atoms with Crippen molar-refractivity contribution in [2.75, 3.05) is 5.73 Å². The molecule has 1 aromatic heterocycles. The minimum absolute atomic E-state index is 0.357. The van der Waals surface area contributed by atoms with Crippen LogP contribution in [0.15, 0.2) is 24.4 Å². The lowest BCUT2D eigenvalue weighted by molar-refractivity contribution is 0.227. The number of aryl methyl sites for hydroxylation is 1. The van der Waals surface area contributed by atoms with Crippen LogP contribution >= 0.6 is 23.2 Å². The molecule has 4 nitrogen and oxygen atoms in total. The summed E-state index contributed by atoms with van der Waals surface area (Å²) in [5.74, 6) is 0.602. The predicted molar refractivity (Wildman–Crippen MR) is 103 cm³/mol. The second kappa shape index (κ2) is 8.90. The van der Waals surface area contributed by atoms with Crippen LogP contribution in [0, 0.1) is 12.3 Å². The summed E-state index contributed by atoms with van der Waals surface area (Å²) in [5.41, 5.74) is 8.82. The maximum atomic E-state index is 7.73. The Morgan fingerprint density at radius 2 is 1.92 bits per heavy atom. The molecule has 0 fully saturated rings. The molecule has 0 bridgehead atoms. The average Bonchev–Trinajstić information content (AvgIpc) is 2.55. The monoisotopic (exact) mass is 367 g/mol. The van der Waals surface area contributed by atoms with Crippen LogP contribution < -0.4 is 10.5 Å². The first-order valence-corrected chi connectivity index (χ1v) is 8.49. The fraction of sp³-hybridized carbons (Fsp3) is 0.333.